The van der Waals surface area contributed by atoms with Crippen LogP contribution in [-0.2, 0) is 0 Å². The Balaban J connectivity index is 1.38. The van der Waals surface area contributed by atoms with Gasteiger partial charge in [0.05, 0.1) is 0 Å². The van der Waals surface area contributed by atoms with Crippen LogP contribution in [0.15, 0.2) is 36.4 Å². The molecule has 5 heteroatoms. The Hall–Kier alpha value is -2.04. The average molecular weight is 463 g/mol. The molecule has 0 aromatic heterocycles. The average Bonchev–Trinajstić information content (AvgIpc) is 2.81. The molecule has 4 atom stereocenters. The van der Waals surface area contributed by atoms with Crippen molar-refractivity contribution >= 4 is 0 Å². The highest BCUT2D eigenvalue weighted by Crippen LogP contribution is 2.48. The maximum atomic E-state index is 14.1. The van der Waals surface area contributed by atoms with E-state index in [1.807, 2.05) is 12.1 Å². The summed E-state index contributed by atoms with van der Waals surface area (Å²) < 4.78 is 56.9. The molecule has 2 saturated carbocycles. The van der Waals surface area contributed by atoms with Crippen LogP contribution in [-0.4, -0.2) is 6.61 Å². The second-order valence-electron chi connectivity index (χ2n) is 9.97. The molecule has 0 saturated heterocycles. The van der Waals surface area contributed by atoms with E-state index >= 15 is 0 Å². The highest BCUT2D eigenvalue weighted by molar-refractivity contribution is 5.65. The first-order valence-corrected chi connectivity index (χ1v) is 12.5. The van der Waals surface area contributed by atoms with E-state index in [0.29, 0.717) is 17.0 Å². The summed E-state index contributed by atoms with van der Waals surface area (Å²) in [6.45, 7) is -1.01. The normalized spacial score (nSPS) is 25.2. The first-order chi connectivity index (χ1) is 15.9. The molecule has 0 spiro atoms. The van der Waals surface area contributed by atoms with E-state index in [1.54, 1.807) is 0 Å². The molecule has 33 heavy (non-hydrogen) atoms. The van der Waals surface area contributed by atoms with Crippen LogP contribution < -0.4 is 4.74 Å². The fourth-order valence-corrected chi connectivity index (χ4v) is 6.11. The predicted molar refractivity (Wildman–Crippen MR) is 123 cm³/mol. The summed E-state index contributed by atoms with van der Waals surface area (Å²) in [5.41, 5.74) is 2.24. The second-order valence-corrected chi connectivity index (χ2v) is 9.97. The monoisotopic (exact) mass is 462 g/mol. The molecule has 2 aromatic carbocycles. The third-order valence-corrected chi connectivity index (χ3v) is 7.86. The predicted octanol–water partition coefficient (Wildman–Crippen LogP) is 9.11. The van der Waals surface area contributed by atoms with Gasteiger partial charge in [-0.1, -0.05) is 63.3 Å². The topological polar surface area (TPSA) is 9.23 Å². The largest absolute Gasteiger partial charge is 0.429 e. The first-order valence-electron chi connectivity index (χ1n) is 12.5. The molecule has 180 valence electrons. The van der Waals surface area contributed by atoms with Crippen molar-refractivity contribution in [2.75, 3.05) is 0 Å². The Morgan fingerprint density at radius 2 is 1.52 bits per heavy atom. The summed E-state index contributed by atoms with van der Waals surface area (Å²) in [5.74, 6) is -0.144. The zero-order chi connectivity index (χ0) is 23.4. The molecule has 1 nitrogen and oxygen atoms in total. The lowest BCUT2D eigenvalue weighted by atomic mass is 9.63. The van der Waals surface area contributed by atoms with Gasteiger partial charge in [0.15, 0.2) is 17.4 Å². The standard InChI is InChI=1S/C28H34F4O/c1-2-3-4-5-18-6-7-23-15-22(13-12-21(23)14-18)19-8-10-20(11-9-19)24-16-25(29)27(26(30)17-24)33-28(31)32/h8-11,16-18,21-23,28H,2-7,12-15H2,1H3/t18?,21-,22-,23-/m1/s1. The number of alkyl halides is 2. The first kappa shape index (κ1) is 24.1. The van der Waals surface area contributed by atoms with E-state index in [0.717, 1.165) is 29.9 Å². The third kappa shape index (κ3) is 5.91. The Morgan fingerprint density at radius 1 is 0.848 bits per heavy atom. The fraction of sp³-hybridized carbons (Fsp3) is 0.571. The van der Waals surface area contributed by atoms with Crippen molar-refractivity contribution in [3.05, 3.63) is 53.6 Å². The minimum absolute atomic E-state index is 0.309. The van der Waals surface area contributed by atoms with Crippen LogP contribution >= 0.6 is 0 Å². The van der Waals surface area contributed by atoms with Gasteiger partial charge in [-0.3, -0.25) is 0 Å². The number of fused-ring (bicyclic) bond motifs is 1. The van der Waals surface area contributed by atoms with E-state index in [1.165, 1.54) is 69.8 Å². The maximum absolute atomic E-state index is 14.1. The van der Waals surface area contributed by atoms with Crippen molar-refractivity contribution in [1.29, 1.82) is 0 Å². The lowest BCUT2D eigenvalue weighted by molar-refractivity contribution is -0.0546. The minimum atomic E-state index is -3.27. The highest BCUT2D eigenvalue weighted by Gasteiger charge is 2.35. The molecule has 0 heterocycles. The molecule has 0 amide bonds. The van der Waals surface area contributed by atoms with E-state index < -0.39 is 24.0 Å². The van der Waals surface area contributed by atoms with E-state index in [9.17, 15) is 17.6 Å². The summed E-state index contributed by atoms with van der Waals surface area (Å²) in [4.78, 5) is 0. The molecular formula is C28H34F4O. The van der Waals surface area contributed by atoms with Gasteiger partial charge in [-0.05, 0) is 84.6 Å². The molecule has 2 fully saturated rings. The Kier molecular flexibility index (Phi) is 7.98. The van der Waals surface area contributed by atoms with E-state index in [4.69, 9.17) is 0 Å². The molecule has 4 rings (SSSR count). The van der Waals surface area contributed by atoms with Gasteiger partial charge in [-0.25, -0.2) is 8.78 Å². The molecule has 0 bridgehead atoms. The molecule has 0 N–H and O–H groups in total. The number of ether oxygens (including phenoxy) is 1. The van der Waals surface area contributed by atoms with Crippen LogP contribution in [0.3, 0.4) is 0 Å². The van der Waals surface area contributed by atoms with Gasteiger partial charge < -0.3 is 4.74 Å². The van der Waals surface area contributed by atoms with Crippen molar-refractivity contribution in [3.63, 3.8) is 0 Å². The van der Waals surface area contributed by atoms with Gasteiger partial charge >= 0.3 is 6.61 Å². The van der Waals surface area contributed by atoms with E-state index in [-0.39, 0.29) is 0 Å². The summed E-state index contributed by atoms with van der Waals surface area (Å²) >= 11 is 0. The van der Waals surface area contributed by atoms with Crippen molar-refractivity contribution < 1.29 is 22.3 Å². The summed E-state index contributed by atoms with van der Waals surface area (Å²) in [7, 11) is 0. The van der Waals surface area contributed by atoms with Gasteiger partial charge in [-0.2, -0.15) is 8.78 Å². The van der Waals surface area contributed by atoms with Gasteiger partial charge in [0.25, 0.3) is 0 Å². The summed E-state index contributed by atoms with van der Waals surface area (Å²) in [6.07, 6.45) is 13.3. The van der Waals surface area contributed by atoms with Gasteiger partial charge in [0.1, 0.15) is 0 Å². The SMILES string of the molecule is CCCCCC1CC[C@@H]2C[C@H](c3ccc(-c4cc(F)c(OC(F)F)c(F)c4)cc3)CC[C@@H]2C1. The quantitative estimate of drug-likeness (QED) is 0.281. The molecule has 2 aromatic rings. The van der Waals surface area contributed by atoms with Crippen LogP contribution in [0.2, 0.25) is 0 Å². The van der Waals surface area contributed by atoms with Crippen molar-refractivity contribution in [3.8, 4) is 16.9 Å². The van der Waals surface area contributed by atoms with Crippen molar-refractivity contribution in [1.82, 2.24) is 0 Å². The Labute approximate surface area is 194 Å². The maximum Gasteiger partial charge on any atom is 0.387 e. The van der Waals surface area contributed by atoms with Crippen molar-refractivity contribution in [2.24, 2.45) is 17.8 Å². The van der Waals surface area contributed by atoms with Crippen molar-refractivity contribution in [2.45, 2.75) is 83.7 Å². The van der Waals surface area contributed by atoms with Crippen LogP contribution in [0, 0.1) is 29.4 Å². The van der Waals surface area contributed by atoms with Crippen LogP contribution in [0.5, 0.6) is 5.75 Å². The molecule has 0 aliphatic heterocycles. The summed E-state index contributed by atoms with van der Waals surface area (Å²) in [5, 5.41) is 0. The zero-order valence-electron chi connectivity index (χ0n) is 19.3. The van der Waals surface area contributed by atoms with Crippen LogP contribution in [0.25, 0.3) is 11.1 Å². The van der Waals surface area contributed by atoms with Crippen LogP contribution in [0.4, 0.5) is 17.6 Å². The van der Waals surface area contributed by atoms with Gasteiger partial charge in [-0.15, -0.1) is 0 Å². The number of hydrogen-bond acceptors (Lipinski definition) is 1. The molecule has 0 radical (unpaired) electrons. The van der Waals surface area contributed by atoms with E-state index in [2.05, 4.69) is 23.8 Å². The third-order valence-electron chi connectivity index (χ3n) is 7.86. The van der Waals surface area contributed by atoms with Crippen LogP contribution in [0.1, 0.15) is 82.6 Å². The smallest absolute Gasteiger partial charge is 0.387 e. The summed E-state index contributed by atoms with van der Waals surface area (Å²) in [6, 6.07) is 9.92. The number of benzene rings is 2. The number of rotatable bonds is 8. The number of halogens is 4. The Morgan fingerprint density at radius 3 is 2.18 bits per heavy atom. The highest BCUT2D eigenvalue weighted by atomic mass is 19.3. The Bertz CT molecular complexity index is 888. The lowest BCUT2D eigenvalue weighted by Gasteiger charge is -2.42. The number of unbranched alkanes of at least 4 members (excludes halogenated alkanes) is 2. The molecule has 2 aliphatic carbocycles. The lowest BCUT2D eigenvalue weighted by Crippen LogP contribution is -2.30. The minimum Gasteiger partial charge on any atom is -0.429 e. The van der Waals surface area contributed by atoms with Gasteiger partial charge in [0, 0.05) is 0 Å². The fourth-order valence-electron chi connectivity index (χ4n) is 6.11. The number of hydrogen-bond donors (Lipinski definition) is 0. The van der Waals surface area contributed by atoms with Gasteiger partial charge in [0.2, 0.25) is 0 Å². The molecule has 1 unspecified atom stereocenters. The second kappa shape index (κ2) is 10.9. The molecule has 2 aliphatic rings. The molecular weight excluding hydrogens is 428 g/mol. The zero-order valence-corrected chi connectivity index (χ0v) is 19.3.